The third-order valence-electron chi connectivity index (χ3n) is 3.26. The Balaban J connectivity index is 2.43. The van der Waals surface area contributed by atoms with Crippen molar-refractivity contribution >= 4 is 23.5 Å². The molecule has 1 amide bonds. The zero-order valence-corrected chi connectivity index (χ0v) is 15.4. The predicted molar refractivity (Wildman–Crippen MR) is 96.7 cm³/mol. The van der Waals surface area contributed by atoms with Gasteiger partial charge in [0.05, 0.1) is 0 Å². The lowest BCUT2D eigenvalue weighted by molar-refractivity contribution is -0.128. The van der Waals surface area contributed by atoms with E-state index in [1.54, 1.807) is 7.05 Å². The molecule has 0 saturated heterocycles. The number of aliphatic imine (C=N–C) groups is 1. The number of guanidine groups is 1. The molecule has 23 heavy (non-hydrogen) atoms. The molecule has 0 atom stereocenters. The summed E-state index contributed by atoms with van der Waals surface area (Å²) in [5.41, 5.74) is 0.745. The Bertz CT molecular complexity index is 552. The maximum absolute atomic E-state index is 11.8. The van der Waals surface area contributed by atoms with Gasteiger partial charge in [-0.2, -0.15) is 0 Å². The normalized spacial score (nSPS) is 12.0. The number of nitrogens with zero attached hydrogens (tertiary/aromatic N) is 2. The van der Waals surface area contributed by atoms with Gasteiger partial charge in [0.25, 0.3) is 0 Å². The van der Waals surface area contributed by atoms with Crippen molar-refractivity contribution in [2.24, 2.45) is 10.4 Å². The minimum Gasteiger partial charge on any atom is -0.354 e. The molecule has 0 aliphatic rings. The van der Waals surface area contributed by atoms with E-state index in [1.165, 1.54) is 0 Å². The zero-order chi connectivity index (χ0) is 17.5. The number of hydrogen-bond donors (Lipinski definition) is 2. The molecule has 0 aliphatic carbocycles. The molecule has 5 nitrogen and oxygen atoms in total. The highest BCUT2D eigenvalue weighted by Gasteiger charge is 2.20. The molecule has 6 heteroatoms. The van der Waals surface area contributed by atoms with E-state index < -0.39 is 0 Å². The Hall–Kier alpha value is -1.75. The summed E-state index contributed by atoms with van der Waals surface area (Å²) in [4.78, 5) is 18.1. The van der Waals surface area contributed by atoms with E-state index >= 15 is 0 Å². The molecule has 0 heterocycles. The molecule has 0 saturated carbocycles. The van der Waals surface area contributed by atoms with Gasteiger partial charge < -0.3 is 15.5 Å². The summed E-state index contributed by atoms with van der Waals surface area (Å²) in [5.74, 6) is 0.816. The minimum atomic E-state index is -0.370. The van der Waals surface area contributed by atoms with Crippen LogP contribution in [0.15, 0.2) is 29.3 Å². The Morgan fingerprint density at radius 2 is 1.91 bits per heavy atom. The molecule has 128 valence electrons. The minimum absolute atomic E-state index is 0.0431. The zero-order valence-electron chi connectivity index (χ0n) is 14.6. The van der Waals surface area contributed by atoms with Gasteiger partial charge in [0.1, 0.15) is 0 Å². The highest BCUT2D eigenvalue weighted by Crippen LogP contribution is 2.12. The van der Waals surface area contributed by atoms with Gasteiger partial charge in [0.2, 0.25) is 5.91 Å². The lowest BCUT2D eigenvalue weighted by Crippen LogP contribution is -2.43. The van der Waals surface area contributed by atoms with Gasteiger partial charge in [-0.1, -0.05) is 44.5 Å². The van der Waals surface area contributed by atoms with Crippen molar-refractivity contribution in [2.45, 2.75) is 27.3 Å². The Morgan fingerprint density at radius 3 is 2.48 bits per heavy atom. The molecule has 0 aliphatic heterocycles. The highest BCUT2D eigenvalue weighted by molar-refractivity contribution is 6.30. The lowest BCUT2D eigenvalue weighted by Gasteiger charge is -2.23. The van der Waals surface area contributed by atoms with Crippen LogP contribution in [0, 0.1) is 5.41 Å². The monoisotopic (exact) mass is 338 g/mol. The average Bonchev–Trinajstić information content (AvgIpc) is 2.45. The lowest BCUT2D eigenvalue weighted by atomic mass is 9.96. The molecule has 1 aromatic carbocycles. The first-order chi connectivity index (χ1) is 10.7. The van der Waals surface area contributed by atoms with E-state index in [1.807, 2.05) is 57.0 Å². The van der Waals surface area contributed by atoms with Crippen LogP contribution in [0.4, 0.5) is 0 Å². The fraction of sp³-hybridized carbons (Fsp3) is 0.529. The number of benzene rings is 1. The van der Waals surface area contributed by atoms with Crippen molar-refractivity contribution in [1.82, 2.24) is 15.5 Å². The molecular weight excluding hydrogens is 312 g/mol. The molecule has 0 unspecified atom stereocenters. The van der Waals surface area contributed by atoms with Gasteiger partial charge in [-0.05, 0) is 17.7 Å². The molecule has 1 rings (SSSR count). The summed E-state index contributed by atoms with van der Waals surface area (Å²) in [6, 6.07) is 7.76. The summed E-state index contributed by atoms with van der Waals surface area (Å²) in [7, 11) is 3.70. The van der Waals surface area contributed by atoms with Crippen LogP contribution in [0.5, 0.6) is 0 Å². The molecule has 2 N–H and O–H groups in total. The van der Waals surface area contributed by atoms with E-state index in [9.17, 15) is 4.79 Å². The third-order valence-corrected chi connectivity index (χ3v) is 3.49. The quantitative estimate of drug-likeness (QED) is 0.493. The summed E-state index contributed by atoms with van der Waals surface area (Å²) in [6.45, 7) is 7.57. The molecule has 0 aromatic heterocycles. The van der Waals surface area contributed by atoms with Gasteiger partial charge in [-0.25, -0.2) is 0 Å². The summed E-state index contributed by atoms with van der Waals surface area (Å²) >= 11 is 6.01. The molecule has 0 radical (unpaired) electrons. The highest BCUT2D eigenvalue weighted by atomic mass is 35.5. The van der Waals surface area contributed by atoms with Gasteiger partial charge in [0, 0.05) is 44.2 Å². The van der Waals surface area contributed by atoms with E-state index in [-0.39, 0.29) is 11.3 Å². The van der Waals surface area contributed by atoms with Crippen LogP contribution in [0.25, 0.3) is 0 Å². The topological polar surface area (TPSA) is 56.7 Å². The first-order valence-corrected chi connectivity index (χ1v) is 8.06. The maximum atomic E-state index is 11.8. The van der Waals surface area contributed by atoms with E-state index in [0.29, 0.717) is 19.6 Å². The van der Waals surface area contributed by atoms with Crippen molar-refractivity contribution in [3.8, 4) is 0 Å². The predicted octanol–water partition coefficient (Wildman–Crippen LogP) is 2.51. The van der Waals surface area contributed by atoms with Crippen LogP contribution in [0.1, 0.15) is 26.3 Å². The molecule has 1 aromatic rings. The fourth-order valence-corrected chi connectivity index (χ4v) is 2.20. The van der Waals surface area contributed by atoms with E-state index in [4.69, 9.17) is 11.6 Å². The van der Waals surface area contributed by atoms with Gasteiger partial charge in [-0.3, -0.25) is 9.79 Å². The summed E-state index contributed by atoms with van der Waals surface area (Å²) in [5, 5.41) is 6.87. The van der Waals surface area contributed by atoms with E-state index in [2.05, 4.69) is 15.6 Å². The second-order valence-electron chi connectivity index (χ2n) is 6.47. The summed E-state index contributed by atoms with van der Waals surface area (Å²) in [6.07, 6.45) is 0. The largest absolute Gasteiger partial charge is 0.354 e. The SMILES string of the molecule is CN=C(NCCNC(=O)C(C)(C)C)N(C)Cc1cccc(Cl)c1. The fourth-order valence-electron chi connectivity index (χ4n) is 1.98. The number of nitrogens with one attached hydrogen (secondary N) is 2. The molecule has 0 spiro atoms. The third kappa shape index (κ3) is 6.91. The average molecular weight is 339 g/mol. The Labute approximate surface area is 144 Å². The van der Waals surface area contributed by atoms with Gasteiger partial charge in [-0.15, -0.1) is 0 Å². The van der Waals surface area contributed by atoms with Crippen LogP contribution >= 0.6 is 11.6 Å². The number of halogens is 1. The first kappa shape index (κ1) is 19.3. The van der Waals surface area contributed by atoms with Crippen molar-refractivity contribution in [3.05, 3.63) is 34.9 Å². The van der Waals surface area contributed by atoms with Crippen molar-refractivity contribution in [3.63, 3.8) is 0 Å². The van der Waals surface area contributed by atoms with E-state index in [0.717, 1.165) is 16.5 Å². The van der Waals surface area contributed by atoms with Gasteiger partial charge >= 0.3 is 0 Å². The van der Waals surface area contributed by atoms with Crippen LogP contribution in [-0.2, 0) is 11.3 Å². The van der Waals surface area contributed by atoms with Crippen LogP contribution < -0.4 is 10.6 Å². The van der Waals surface area contributed by atoms with Crippen LogP contribution in [0.3, 0.4) is 0 Å². The number of rotatable bonds is 5. The number of amides is 1. The van der Waals surface area contributed by atoms with Crippen molar-refractivity contribution in [2.75, 3.05) is 27.2 Å². The first-order valence-electron chi connectivity index (χ1n) is 7.68. The number of carbonyl (C=O) groups is 1. The van der Waals surface area contributed by atoms with Crippen LogP contribution in [-0.4, -0.2) is 44.0 Å². The summed E-state index contributed by atoms with van der Waals surface area (Å²) < 4.78 is 0. The second-order valence-corrected chi connectivity index (χ2v) is 6.90. The van der Waals surface area contributed by atoms with Crippen molar-refractivity contribution < 1.29 is 4.79 Å². The number of hydrogen-bond acceptors (Lipinski definition) is 2. The van der Waals surface area contributed by atoms with Gasteiger partial charge in [0.15, 0.2) is 5.96 Å². The van der Waals surface area contributed by atoms with Crippen molar-refractivity contribution in [1.29, 1.82) is 0 Å². The van der Waals surface area contributed by atoms with Crippen LogP contribution in [0.2, 0.25) is 5.02 Å². The molecular formula is C17H27ClN4O. The molecule has 0 fully saturated rings. The smallest absolute Gasteiger partial charge is 0.225 e. The molecule has 0 bridgehead atoms. The standard InChI is InChI=1S/C17H27ClN4O/c1-17(2,3)15(23)20-9-10-21-16(19-4)22(5)12-13-7-6-8-14(18)11-13/h6-8,11H,9-10,12H2,1-5H3,(H,19,21)(H,20,23). The number of carbonyl (C=O) groups excluding carboxylic acids is 1. The Morgan fingerprint density at radius 1 is 1.26 bits per heavy atom. The Kier molecular flexibility index (Phi) is 7.36. The maximum Gasteiger partial charge on any atom is 0.225 e. The second kappa shape index (κ2) is 8.77.